The topological polar surface area (TPSA) is 99.8 Å². The number of fused-ring (bicyclic) bond motifs is 1. The van der Waals surface area contributed by atoms with E-state index in [4.69, 9.17) is 27.9 Å². The minimum Gasteiger partial charge on any atom is -0.492 e. The third-order valence-corrected chi connectivity index (χ3v) is 6.79. The van der Waals surface area contributed by atoms with Crippen molar-refractivity contribution in [1.29, 1.82) is 0 Å². The Morgan fingerprint density at radius 1 is 1.03 bits per heavy atom. The highest BCUT2D eigenvalue weighted by molar-refractivity contribution is 6.35. The van der Waals surface area contributed by atoms with E-state index in [1.807, 2.05) is 43.3 Å². The number of unbranched alkanes of at least 4 members (excludes halogenated alkanes) is 1. The summed E-state index contributed by atoms with van der Waals surface area (Å²) < 4.78 is 5.95. The number of nitrogens with one attached hydrogen (secondary N) is 3. The molecule has 2 aromatic carbocycles. The summed E-state index contributed by atoms with van der Waals surface area (Å²) in [5.41, 5.74) is 2.14. The van der Waals surface area contributed by atoms with Crippen molar-refractivity contribution in [3.05, 3.63) is 63.6 Å². The molecule has 0 saturated carbocycles. The molecule has 1 heterocycles. The zero-order chi connectivity index (χ0) is 28.6. The molecule has 3 rings (SSSR count). The van der Waals surface area contributed by atoms with Gasteiger partial charge in [-0.2, -0.15) is 0 Å². The lowest BCUT2D eigenvalue weighted by Crippen LogP contribution is -2.49. The Kier molecular flexibility index (Phi) is 14.7. The van der Waals surface area contributed by atoms with Gasteiger partial charge in [-0.25, -0.2) is 0 Å². The summed E-state index contributed by atoms with van der Waals surface area (Å²) >= 11 is 11.4. The summed E-state index contributed by atoms with van der Waals surface area (Å²) in [7, 11) is 1.60. The molecule has 214 valence electrons. The number of halogens is 2. The van der Waals surface area contributed by atoms with Crippen LogP contribution in [0.5, 0.6) is 5.75 Å². The van der Waals surface area contributed by atoms with E-state index in [9.17, 15) is 14.4 Å². The second-order valence-corrected chi connectivity index (χ2v) is 10.3. The summed E-state index contributed by atoms with van der Waals surface area (Å²) in [6.45, 7) is 5.32. The lowest BCUT2D eigenvalue weighted by molar-refractivity contribution is -0.136. The Labute approximate surface area is 241 Å². The molecule has 1 atom stereocenters. The number of ether oxygens (including phenoxy) is 1. The first-order valence-corrected chi connectivity index (χ1v) is 14.1. The summed E-state index contributed by atoms with van der Waals surface area (Å²) in [4.78, 5) is 38.3. The van der Waals surface area contributed by atoms with Gasteiger partial charge in [-0.05, 0) is 55.5 Å². The van der Waals surface area contributed by atoms with Gasteiger partial charge in [0.15, 0.2) is 0 Å². The van der Waals surface area contributed by atoms with E-state index < -0.39 is 0 Å². The quantitative estimate of drug-likeness (QED) is 0.508. The molecule has 0 radical (unpaired) electrons. The Morgan fingerprint density at radius 2 is 1.79 bits per heavy atom. The first kappa shape index (κ1) is 32.4. The second kappa shape index (κ2) is 17.7. The van der Waals surface area contributed by atoms with Crippen LogP contribution in [0, 0.1) is 6.92 Å². The van der Waals surface area contributed by atoms with Gasteiger partial charge in [-0.15, -0.1) is 0 Å². The van der Waals surface area contributed by atoms with Crippen LogP contribution in [0.1, 0.15) is 43.7 Å². The van der Waals surface area contributed by atoms with Crippen LogP contribution in [0.25, 0.3) is 0 Å². The summed E-state index contributed by atoms with van der Waals surface area (Å²) in [5.74, 6) is 0.0937. The number of hydrogen-bond acceptors (Lipinski definition) is 5. The minimum absolute atomic E-state index is 0.0830. The first-order chi connectivity index (χ1) is 18.7. The number of nitrogens with zero attached hydrogens (tertiary/aromatic N) is 1. The predicted octanol–water partition coefficient (Wildman–Crippen LogP) is 4.15. The molecule has 0 aromatic heterocycles. The zero-order valence-electron chi connectivity index (χ0n) is 23.0. The van der Waals surface area contributed by atoms with Crippen LogP contribution >= 0.6 is 23.2 Å². The number of amides is 3. The molecule has 3 amide bonds. The Balaban J connectivity index is 0.000000499. The van der Waals surface area contributed by atoms with Crippen LogP contribution in [-0.4, -0.2) is 68.5 Å². The van der Waals surface area contributed by atoms with Gasteiger partial charge in [-0.1, -0.05) is 67.2 Å². The third kappa shape index (κ3) is 12.3. The second-order valence-electron chi connectivity index (χ2n) is 9.42. The molecule has 0 spiro atoms. The first-order valence-electron chi connectivity index (χ1n) is 13.3. The molecule has 39 heavy (non-hydrogen) atoms. The van der Waals surface area contributed by atoms with E-state index in [0.717, 1.165) is 47.6 Å². The van der Waals surface area contributed by atoms with Crippen molar-refractivity contribution < 1.29 is 19.1 Å². The van der Waals surface area contributed by atoms with Crippen LogP contribution in [0.4, 0.5) is 0 Å². The fourth-order valence-electron chi connectivity index (χ4n) is 3.90. The summed E-state index contributed by atoms with van der Waals surface area (Å²) in [5, 5.41) is 10.1. The molecule has 3 N–H and O–H groups in total. The maximum absolute atomic E-state index is 12.8. The van der Waals surface area contributed by atoms with Crippen LogP contribution in [0.3, 0.4) is 0 Å². The fourth-order valence-corrected chi connectivity index (χ4v) is 4.31. The van der Waals surface area contributed by atoms with Crippen molar-refractivity contribution in [3.63, 3.8) is 0 Å². The highest BCUT2D eigenvalue weighted by atomic mass is 35.5. The smallest absolute Gasteiger partial charge is 0.240 e. The van der Waals surface area contributed by atoms with Crippen molar-refractivity contribution in [1.82, 2.24) is 20.9 Å². The molecule has 0 bridgehead atoms. The molecule has 0 saturated heterocycles. The lowest BCUT2D eigenvalue weighted by Gasteiger charge is -2.24. The number of hydrogen-bond donors (Lipinski definition) is 3. The maximum atomic E-state index is 12.8. The van der Waals surface area contributed by atoms with Gasteiger partial charge in [-0.3, -0.25) is 14.4 Å². The fraction of sp³-hybridized carbons (Fsp3) is 0.483. The standard InChI is InChI=1S/C22H34N4O4.C7H6Cl2/c1-3-4-10-18-22(29)26(2)16-21(28)25-15-20(27)24-12-7-9-17-8-5-6-11-19(17)30-14-13-23-18;1-5-2-3-6(8)4-7(5)9/h5-6,8,11,18,23H,3-4,7,9-10,12-16H2,1-2H3,(H,24,27)(H,25,28);2-4H,1H3. The van der Waals surface area contributed by atoms with Crippen LogP contribution < -0.4 is 20.7 Å². The molecule has 2 aromatic rings. The van der Waals surface area contributed by atoms with Gasteiger partial charge >= 0.3 is 0 Å². The van der Waals surface area contributed by atoms with Crippen molar-refractivity contribution >= 4 is 40.9 Å². The third-order valence-electron chi connectivity index (χ3n) is 6.15. The van der Waals surface area contributed by atoms with E-state index in [1.54, 1.807) is 13.1 Å². The molecule has 0 aliphatic carbocycles. The lowest BCUT2D eigenvalue weighted by atomic mass is 10.1. The van der Waals surface area contributed by atoms with E-state index >= 15 is 0 Å². The number of para-hydroxylation sites is 1. The molecule has 1 aliphatic rings. The zero-order valence-corrected chi connectivity index (χ0v) is 24.5. The van der Waals surface area contributed by atoms with Crippen molar-refractivity contribution in [2.75, 3.05) is 39.8 Å². The van der Waals surface area contributed by atoms with Crippen molar-refractivity contribution in [2.24, 2.45) is 0 Å². The molecule has 1 aliphatic heterocycles. The average Bonchev–Trinajstić information content (AvgIpc) is 2.92. The van der Waals surface area contributed by atoms with Crippen LogP contribution in [-0.2, 0) is 20.8 Å². The van der Waals surface area contributed by atoms with E-state index in [2.05, 4.69) is 22.9 Å². The summed E-state index contributed by atoms with van der Waals surface area (Å²) in [6, 6.07) is 12.9. The molecular formula is C29H40Cl2N4O4. The Hall–Kier alpha value is -2.81. The molecule has 0 fully saturated rings. The number of carbonyl (C=O) groups excluding carboxylic acids is 3. The number of rotatable bonds is 3. The molecule has 10 heteroatoms. The monoisotopic (exact) mass is 578 g/mol. The van der Waals surface area contributed by atoms with Crippen LogP contribution in [0.15, 0.2) is 42.5 Å². The van der Waals surface area contributed by atoms with Gasteiger partial charge in [0.05, 0.1) is 19.1 Å². The largest absolute Gasteiger partial charge is 0.492 e. The van der Waals surface area contributed by atoms with Gasteiger partial charge in [0.1, 0.15) is 12.4 Å². The Morgan fingerprint density at radius 3 is 2.51 bits per heavy atom. The normalized spacial score (nSPS) is 17.8. The highest BCUT2D eigenvalue weighted by Gasteiger charge is 2.23. The number of benzene rings is 2. The SMILES string of the molecule is CCCCC1NCCOc2ccccc2CCCNC(=O)CNC(=O)CN(C)C1=O.Cc1ccc(Cl)cc1Cl. The Bertz CT molecular complexity index is 1080. The van der Waals surface area contributed by atoms with E-state index in [-0.39, 0.29) is 36.9 Å². The van der Waals surface area contributed by atoms with Gasteiger partial charge in [0.2, 0.25) is 17.7 Å². The highest BCUT2D eigenvalue weighted by Crippen LogP contribution is 2.20. The maximum Gasteiger partial charge on any atom is 0.240 e. The van der Waals surface area contributed by atoms with Crippen molar-refractivity contribution in [2.45, 2.75) is 52.0 Å². The number of likely N-dealkylation sites (N-methyl/N-ethyl adjacent to an activating group) is 1. The molecule has 8 nitrogen and oxygen atoms in total. The number of carbonyl (C=O) groups is 3. The van der Waals surface area contributed by atoms with Gasteiger partial charge < -0.3 is 25.6 Å². The molecular weight excluding hydrogens is 539 g/mol. The average molecular weight is 580 g/mol. The van der Waals surface area contributed by atoms with E-state index in [1.165, 1.54) is 4.90 Å². The van der Waals surface area contributed by atoms with Crippen molar-refractivity contribution in [3.8, 4) is 5.75 Å². The van der Waals surface area contributed by atoms with Gasteiger partial charge in [0, 0.05) is 30.2 Å². The minimum atomic E-state index is -0.372. The van der Waals surface area contributed by atoms with Gasteiger partial charge in [0.25, 0.3) is 0 Å². The molecule has 1 unspecified atom stereocenters. The van der Waals surface area contributed by atoms with E-state index in [0.29, 0.717) is 31.1 Å². The van der Waals surface area contributed by atoms with Crippen LogP contribution in [0.2, 0.25) is 10.0 Å². The number of aryl methyl sites for hydroxylation is 2. The predicted molar refractivity (Wildman–Crippen MR) is 156 cm³/mol. The summed E-state index contributed by atoms with van der Waals surface area (Å²) in [6.07, 6.45) is 4.13.